The fraction of sp³-hybridized carbons (Fsp3) is 0.867. The van der Waals surface area contributed by atoms with Crippen LogP contribution in [0.5, 0.6) is 0 Å². The molecule has 0 unspecified atom stereocenters. The molecule has 4 aliphatic carbocycles. The molecule has 0 amide bonds. The molecule has 4 aliphatic rings. The average molecular weight is 533 g/mol. The highest BCUT2D eigenvalue weighted by molar-refractivity contribution is 5.11. The quantitative estimate of drug-likeness (QED) is 0.115. The van der Waals surface area contributed by atoms with E-state index < -0.39 is 0 Å². The van der Waals surface area contributed by atoms with E-state index in [1.54, 1.807) is 0 Å². The average Bonchev–Trinajstić information content (AvgIpc) is 2.95. The van der Waals surface area contributed by atoms with Crippen molar-refractivity contribution in [2.24, 2.45) is 23.7 Å². The summed E-state index contributed by atoms with van der Waals surface area (Å²) in [5, 5.41) is 24.6. The summed E-state index contributed by atoms with van der Waals surface area (Å²) in [4.78, 5) is 24.3. The second kappa shape index (κ2) is 14.9. The van der Waals surface area contributed by atoms with E-state index in [1.807, 2.05) is 0 Å². The van der Waals surface area contributed by atoms with Gasteiger partial charge in [0.1, 0.15) is 13.2 Å². The highest BCUT2D eigenvalue weighted by atomic mass is 16.6. The zero-order chi connectivity index (χ0) is 26.7. The molecule has 8 nitrogen and oxygen atoms in total. The molecule has 214 valence electrons. The zero-order valence-corrected chi connectivity index (χ0v) is 23.2. The van der Waals surface area contributed by atoms with Gasteiger partial charge in [-0.25, -0.2) is 0 Å². The van der Waals surface area contributed by atoms with Crippen molar-refractivity contribution in [2.75, 3.05) is 13.2 Å². The highest BCUT2D eigenvalue weighted by Gasteiger charge is 2.37. The summed E-state index contributed by atoms with van der Waals surface area (Å²) in [6, 6.07) is 0. The van der Waals surface area contributed by atoms with Crippen molar-refractivity contribution in [3.63, 3.8) is 0 Å². The first-order valence-electron chi connectivity index (χ1n) is 15.6. The molecular formula is C30H48N2O6. The second-order valence-corrected chi connectivity index (χ2v) is 12.0. The summed E-state index contributed by atoms with van der Waals surface area (Å²) < 4.78 is 12.6. The lowest BCUT2D eigenvalue weighted by molar-refractivity contribution is -0.439. The number of hydrogen-bond acceptors (Lipinski definition) is 6. The smallest absolute Gasteiger partial charge is 0.286 e. The monoisotopic (exact) mass is 532 g/mol. The Morgan fingerprint density at radius 1 is 0.474 bits per heavy atom. The molecule has 0 saturated heterocycles. The molecule has 38 heavy (non-hydrogen) atoms. The van der Waals surface area contributed by atoms with E-state index in [4.69, 9.17) is 9.47 Å². The third-order valence-electron chi connectivity index (χ3n) is 9.43. The Balaban J connectivity index is 1.52. The van der Waals surface area contributed by atoms with Gasteiger partial charge >= 0.3 is 0 Å². The normalized spacial score (nSPS) is 24.3. The van der Waals surface area contributed by atoms with Crippen LogP contribution >= 0.6 is 0 Å². The van der Waals surface area contributed by atoms with Crippen LogP contribution in [0.4, 0.5) is 0 Å². The molecule has 0 radical (unpaired) electrons. The van der Waals surface area contributed by atoms with Crippen LogP contribution in [0.1, 0.15) is 128 Å². The minimum absolute atomic E-state index is 0.0401. The number of hydrogen-bond donors (Lipinski definition) is 0. The van der Waals surface area contributed by atoms with E-state index in [9.17, 15) is 20.2 Å². The molecule has 0 aromatic rings. The van der Waals surface area contributed by atoms with Crippen LogP contribution in [-0.4, -0.2) is 23.1 Å². The second-order valence-electron chi connectivity index (χ2n) is 12.0. The maximum Gasteiger partial charge on any atom is 0.286 e. The molecule has 4 fully saturated rings. The molecule has 0 atom stereocenters. The molecule has 0 N–H and O–H groups in total. The van der Waals surface area contributed by atoms with Gasteiger partial charge in [0.25, 0.3) is 11.4 Å². The van der Waals surface area contributed by atoms with Crippen molar-refractivity contribution in [3.05, 3.63) is 43.1 Å². The Bertz CT molecular complexity index is 775. The summed E-state index contributed by atoms with van der Waals surface area (Å²) in [7, 11) is 0. The van der Waals surface area contributed by atoms with Crippen LogP contribution in [0.25, 0.3) is 0 Å². The van der Waals surface area contributed by atoms with Gasteiger partial charge in [-0.05, 0) is 51.4 Å². The van der Waals surface area contributed by atoms with E-state index in [1.165, 1.54) is 12.8 Å². The van der Waals surface area contributed by atoms with Crippen LogP contribution in [0, 0.1) is 43.9 Å². The third-order valence-corrected chi connectivity index (χ3v) is 9.43. The molecule has 0 aromatic heterocycles. The minimum atomic E-state index is -0.179. The molecule has 0 aliphatic heterocycles. The van der Waals surface area contributed by atoms with Gasteiger partial charge in [0, 0.05) is 11.8 Å². The Morgan fingerprint density at radius 3 is 1.00 bits per heavy atom. The van der Waals surface area contributed by atoms with Gasteiger partial charge in [-0.1, -0.05) is 77.0 Å². The van der Waals surface area contributed by atoms with Gasteiger partial charge in [-0.2, -0.15) is 0 Å². The minimum Gasteiger partial charge on any atom is -0.487 e. The lowest BCUT2D eigenvalue weighted by Crippen LogP contribution is -2.25. The van der Waals surface area contributed by atoms with Crippen LogP contribution < -0.4 is 0 Å². The lowest BCUT2D eigenvalue weighted by Gasteiger charge is -2.29. The number of nitrogens with zero attached hydrogens (tertiary/aromatic N) is 2. The van der Waals surface area contributed by atoms with Gasteiger partial charge in [-0.15, -0.1) is 0 Å². The van der Waals surface area contributed by atoms with Crippen molar-refractivity contribution < 1.29 is 19.3 Å². The zero-order valence-electron chi connectivity index (χ0n) is 23.2. The predicted octanol–water partition coefficient (Wildman–Crippen LogP) is 8.32. The predicted molar refractivity (Wildman–Crippen MR) is 146 cm³/mol. The summed E-state index contributed by atoms with van der Waals surface area (Å²) in [6.07, 6.45) is 20.2. The largest absolute Gasteiger partial charge is 0.487 e. The van der Waals surface area contributed by atoms with E-state index in [2.05, 4.69) is 0 Å². The summed E-state index contributed by atoms with van der Waals surface area (Å²) >= 11 is 0. The molecule has 8 heteroatoms. The van der Waals surface area contributed by atoms with Crippen molar-refractivity contribution in [3.8, 4) is 0 Å². The number of nitro groups is 2. The highest BCUT2D eigenvalue weighted by Crippen LogP contribution is 2.40. The first kappa shape index (κ1) is 28.9. The number of allylic oxidation sites excluding steroid dienone is 4. The molecule has 4 rings (SSSR count). The van der Waals surface area contributed by atoms with Crippen LogP contribution in [0.2, 0.25) is 0 Å². The SMILES string of the molecule is O=[N+]([O-])C(=C(OCCOC(=C(C1CCCCC1)[N+](=O)[O-])C1CCCCC1)C1CCCCC1)C1CCCCC1. The fourth-order valence-electron chi connectivity index (χ4n) is 7.47. The van der Waals surface area contributed by atoms with Crippen molar-refractivity contribution in [2.45, 2.75) is 128 Å². The number of rotatable bonds is 11. The van der Waals surface area contributed by atoms with Crippen LogP contribution in [0.15, 0.2) is 22.9 Å². The number of ether oxygens (including phenoxy) is 2. The first-order valence-corrected chi connectivity index (χ1v) is 15.6. The van der Waals surface area contributed by atoms with Gasteiger partial charge in [-0.3, -0.25) is 20.2 Å². The lowest BCUT2D eigenvalue weighted by atomic mass is 9.82. The Labute approximate surface area is 227 Å². The Kier molecular flexibility index (Phi) is 11.3. The van der Waals surface area contributed by atoms with Crippen LogP contribution in [0.3, 0.4) is 0 Å². The van der Waals surface area contributed by atoms with Gasteiger partial charge < -0.3 is 9.47 Å². The summed E-state index contributed by atoms with van der Waals surface area (Å²) in [5.74, 6) is 1.26. The van der Waals surface area contributed by atoms with E-state index in [0.29, 0.717) is 22.9 Å². The third kappa shape index (κ3) is 7.72. The Morgan fingerprint density at radius 2 is 0.737 bits per heavy atom. The molecule has 0 spiro atoms. The van der Waals surface area contributed by atoms with E-state index in [0.717, 1.165) is 116 Å². The standard InChI is InChI=1S/C30H48N2O6/c33-31(34)27(23-13-5-1-6-14-23)29(25-17-9-3-10-18-25)37-21-22-38-30(26-19-11-4-12-20-26)28(32(35)36)24-15-7-2-8-16-24/h23-26H,1-22H2. The Hall–Kier alpha value is -2.12. The van der Waals surface area contributed by atoms with Crippen LogP contribution in [-0.2, 0) is 9.47 Å². The molecule has 0 aromatic carbocycles. The van der Waals surface area contributed by atoms with Crippen molar-refractivity contribution in [1.29, 1.82) is 0 Å². The van der Waals surface area contributed by atoms with Gasteiger partial charge in [0.05, 0.1) is 21.7 Å². The molecule has 0 heterocycles. The summed E-state index contributed by atoms with van der Waals surface area (Å²) in [5.41, 5.74) is 0.598. The summed E-state index contributed by atoms with van der Waals surface area (Å²) in [6.45, 7) is 0.392. The van der Waals surface area contributed by atoms with Gasteiger partial charge in [0.2, 0.25) is 0 Å². The van der Waals surface area contributed by atoms with Crippen molar-refractivity contribution >= 4 is 0 Å². The molecular weight excluding hydrogens is 484 g/mol. The topological polar surface area (TPSA) is 105 Å². The fourth-order valence-corrected chi connectivity index (χ4v) is 7.47. The maximum absolute atomic E-state index is 12.3. The van der Waals surface area contributed by atoms with Gasteiger partial charge in [0.15, 0.2) is 11.5 Å². The van der Waals surface area contributed by atoms with E-state index in [-0.39, 0.29) is 46.7 Å². The molecule has 4 saturated carbocycles. The van der Waals surface area contributed by atoms with E-state index >= 15 is 0 Å². The maximum atomic E-state index is 12.3. The molecule has 0 bridgehead atoms. The van der Waals surface area contributed by atoms with Crippen molar-refractivity contribution in [1.82, 2.24) is 0 Å². The first-order chi connectivity index (χ1) is 18.6.